The van der Waals surface area contributed by atoms with Gasteiger partial charge in [0.1, 0.15) is 0 Å². The van der Waals surface area contributed by atoms with Crippen molar-refractivity contribution in [2.75, 3.05) is 13.1 Å². The van der Waals surface area contributed by atoms with Crippen molar-refractivity contribution < 1.29 is 9.32 Å². The second kappa shape index (κ2) is 8.79. The lowest BCUT2D eigenvalue weighted by atomic mass is 9.74. The van der Waals surface area contributed by atoms with E-state index in [0.717, 1.165) is 45.2 Å². The number of pyridine rings is 1. The molecule has 1 aliphatic carbocycles. The number of carbonyl (C=O) groups is 1. The molecule has 160 valence electrons. The van der Waals surface area contributed by atoms with Gasteiger partial charge in [-0.05, 0) is 62.3 Å². The molecule has 2 aromatic rings. The number of aromatic nitrogens is 3. The third-order valence-electron chi connectivity index (χ3n) is 6.81. The van der Waals surface area contributed by atoms with Gasteiger partial charge in [0.05, 0.1) is 12.6 Å². The average Bonchev–Trinajstić information content (AvgIpc) is 3.44. The molecular weight excluding hydrogens is 382 g/mol. The van der Waals surface area contributed by atoms with Crippen molar-refractivity contribution in [1.82, 2.24) is 36.2 Å². The first-order valence-corrected chi connectivity index (χ1v) is 10.9. The number of hydrazine groups is 1. The van der Waals surface area contributed by atoms with E-state index in [-0.39, 0.29) is 23.9 Å². The molecule has 2 aromatic heterocycles. The summed E-state index contributed by atoms with van der Waals surface area (Å²) >= 11 is 0. The number of fused-ring (bicyclic) bond motifs is 1. The van der Waals surface area contributed by atoms with E-state index in [1.54, 1.807) is 0 Å². The van der Waals surface area contributed by atoms with Crippen molar-refractivity contribution in [3.63, 3.8) is 0 Å². The highest BCUT2D eigenvalue weighted by molar-refractivity contribution is 5.79. The Kier molecular flexibility index (Phi) is 5.74. The highest BCUT2D eigenvalue weighted by atomic mass is 16.5. The van der Waals surface area contributed by atoms with Crippen molar-refractivity contribution in [3.05, 3.63) is 42.3 Å². The second-order valence-electron chi connectivity index (χ2n) is 8.76. The summed E-state index contributed by atoms with van der Waals surface area (Å²) in [5.41, 5.74) is 8.13. The Morgan fingerprint density at radius 1 is 1.23 bits per heavy atom. The second-order valence-corrected chi connectivity index (χ2v) is 8.76. The predicted octanol–water partition coefficient (Wildman–Crippen LogP) is 1.18. The molecular formula is C21H29N7O2. The number of nitrogens with zero attached hydrogens (tertiary/aromatic N) is 4. The normalized spacial score (nSPS) is 31.9. The van der Waals surface area contributed by atoms with Gasteiger partial charge in [0.2, 0.25) is 12.3 Å². The van der Waals surface area contributed by atoms with Gasteiger partial charge in [0, 0.05) is 36.9 Å². The number of likely N-dealkylation sites (tertiary alicyclic amines) is 1. The number of nitrogens with one attached hydrogen (secondary N) is 3. The number of rotatable bonds is 5. The fraction of sp³-hybridized carbons (Fsp3) is 0.619. The minimum absolute atomic E-state index is 0.0740. The van der Waals surface area contributed by atoms with E-state index in [1.807, 2.05) is 12.4 Å². The molecule has 2 saturated heterocycles. The zero-order valence-corrected chi connectivity index (χ0v) is 17.0. The van der Waals surface area contributed by atoms with E-state index in [1.165, 1.54) is 12.0 Å². The molecule has 0 bridgehead atoms. The van der Waals surface area contributed by atoms with E-state index < -0.39 is 0 Å². The van der Waals surface area contributed by atoms with Crippen LogP contribution in [0.1, 0.15) is 49.5 Å². The fourth-order valence-electron chi connectivity index (χ4n) is 5.29. The van der Waals surface area contributed by atoms with Crippen molar-refractivity contribution in [2.45, 2.75) is 56.8 Å². The molecule has 4 heterocycles. The number of hydrogen-bond acceptors (Lipinski definition) is 8. The smallest absolute Gasteiger partial charge is 0.223 e. The predicted molar refractivity (Wildman–Crippen MR) is 109 cm³/mol. The van der Waals surface area contributed by atoms with Crippen LogP contribution in [0.25, 0.3) is 0 Å². The summed E-state index contributed by atoms with van der Waals surface area (Å²) < 4.78 is 4.83. The number of piperidine rings is 1. The molecule has 3 fully saturated rings. The molecule has 1 amide bonds. The Hall–Kier alpha value is -2.36. The van der Waals surface area contributed by atoms with Crippen LogP contribution >= 0.6 is 0 Å². The highest BCUT2D eigenvalue weighted by Crippen LogP contribution is 2.40. The van der Waals surface area contributed by atoms with E-state index in [4.69, 9.17) is 4.52 Å². The van der Waals surface area contributed by atoms with Gasteiger partial charge in [0.15, 0.2) is 5.82 Å². The first-order chi connectivity index (χ1) is 14.8. The summed E-state index contributed by atoms with van der Waals surface area (Å²) in [6, 6.07) is 4.96. The van der Waals surface area contributed by atoms with Crippen LogP contribution < -0.4 is 16.2 Å². The molecule has 2 aliphatic heterocycles. The molecule has 3 aliphatic rings. The SMILES string of the molecule is O=C(N[C@@H]1CCCN(Cc2ncon2)C1)C1CCC2NNC(c3ccncc3)C2C1. The van der Waals surface area contributed by atoms with Crippen molar-refractivity contribution >= 4 is 5.91 Å². The molecule has 30 heavy (non-hydrogen) atoms. The van der Waals surface area contributed by atoms with E-state index in [9.17, 15) is 4.79 Å². The van der Waals surface area contributed by atoms with Gasteiger partial charge in [-0.3, -0.25) is 20.1 Å². The van der Waals surface area contributed by atoms with Crippen LogP contribution in [0.2, 0.25) is 0 Å². The van der Waals surface area contributed by atoms with Crippen LogP contribution in [-0.4, -0.2) is 51.1 Å². The summed E-state index contributed by atoms with van der Waals surface area (Å²) in [5.74, 6) is 1.40. The van der Waals surface area contributed by atoms with Gasteiger partial charge in [-0.15, -0.1) is 0 Å². The van der Waals surface area contributed by atoms with Crippen LogP contribution in [0.15, 0.2) is 35.4 Å². The lowest BCUT2D eigenvalue weighted by molar-refractivity contribution is -0.127. The van der Waals surface area contributed by atoms with Gasteiger partial charge < -0.3 is 9.84 Å². The maximum Gasteiger partial charge on any atom is 0.223 e. The monoisotopic (exact) mass is 411 g/mol. The summed E-state index contributed by atoms with van der Waals surface area (Å²) in [6.45, 7) is 2.50. The molecule has 1 saturated carbocycles. The Labute approximate surface area is 176 Å². The number of hydrogen-bond donors (Lipinski definition) is 3. The summed E-state index contributed by atoms with van der Waals surface area (Å²) in [6.07, 6.45) is 9.98. The molecule has 0 aromatic carbocycles. The number of carbonyl (C=O) groups excluding carboxylic acids is 1. The minimum Gasteiger partial charge on any atom is -0.352 e. The third-order valence-corrected chi connectivity index (χ3v) is 6.81. The Balaban J connectivity index is 1.17. The quantitative estimate of drug-likeness (QED) is 0.673. The fourth-order valence-corrected chi connectivity index (χ4v) is 5.29. The van der Waals surface area contributed by atoms with Crippen molar-refractivity contribution in [3.8, 4) is 0 Å². The molecule has 9 nitrogen and oxygen atoms in total. The van der Waals surface area contributed by atoms with Crippen molar-refractivity contribution in [2.24, 2.45) is 11.8 Å². The minimum atomic E-state index is 0.0740. The first kappa shape index (κ1) is 19.6. The van der Waals surface area contributed by atoms with Gasteiger partial charge >= 0.3 is 0 Å². The van der Waals surface area contributed by atoms with Crippen LogP contribution in [0, 0.1) is 11.8 Å². The van der Waals surface area contributed by atoms with Crippen molar-refractivity contribution in [1.29, 1.82) is 0 Å². The largest absolute Gasteiger partial charge is 0.352 e. The Morgan fingerprint density at radius 2 is 2.13 bits per heavy atom. The Bertz CT molecular complexity index is 831. The van der Waals surface area contributed by atoms with Crippen LogP contribution in [-0.2, 0) is 11.3 Å². The lowest BCUT2D eigenvalue weighted by Gasteiger charge is -2.36. The molecule has 0 spiro atoms. The molecule has 5 rings (SSSR count). The van der Waals surface area contributed by atoms with Crippen LogP contribution in [0.3, 0.4) is 0 Å². The van der Waals surface area contributed by atoms with E-state index in [0.29, 0.717) is 24.3 Å². The lowest BCUT2D eigenvalue weighted by Crippen LogP contribution is -2.50. The summed E-state index contributed by atoms with van der Waals surface area (Å²) in [7, 11) is 0. The van der Waals surface area contributed by atoms with Crippen LogP contribution in [0.5, 0.6) is 0 Å². The summed E-state index contributed by atoms with van der Waals surface area (Å²) in [4.78, 5) is 23.6. The highest BCUT2D eigenvalue weighted by Gasteiger charge is 2.43. The van der Waals surface area contributed by atoms with Gasteiger partial charge in [0.25, 0.3) is 0 Å². The van der Waals surface area contributed by atoms with Gasteiger partial charge in [-0.25, -0.2) is 5.43 Å². The maximum atomic E-state index is 13.1. The molecule has 0 radical (unpaired) electrons. The number of amides is 1. The maximum absolute atomic E-state index is 13.1. The van der Waals surface area contributed by atoms with Gasteiger partial charge in [-0.1, -0.05) is 5.16 Å². The van der Waals surface area contributed by atoms with E-state index in [2.05, 4.69) is 48.3 Å². The van der Waals surface area contributed by atoms with Crippen LogP contribution in [0.4, 0.5) is 0 Å². The first-order valence-electron chi connectivity index (χ1n) is 10.9. The van der Waals surface area contributed by atoms with Gasteiger partial charge in [-0.2, -0.15) is 4.98 Å². The molecule has 4 unspecified atom stereocenters. The molecule has 3 N–H and O–H groups in total. The standard InChI is InChI=1S/C21H29N7O2/c29-21(24-16-2-1-9-28(11-16)12-19-23-13-30-27-19)15-3-4-18-17(10-15)20(26-25-18)14-5-7-22-8-6-14/h5-8,13,15-18,20,25-26H,1-4,9-12H2,(H,24,29)/t15?,16-,17?,18?,20?/m1/s1. The molecule has 9 heteroatoms. The zero-order chi connectivity index (χ0) is 20.3. The topological polar surface area (TPSA) is 108 Å². The Morgan fingerprint density at radius 3 is 2.97 bits per heavy atom. The average molecular weight is 412 g/mol. The zero-order valence-electron chi connectivity index (χ0n) is 17.0. The summed E-state index contributed by atoms with van der Waals surface area (Å²) in [5, 5.41) is 7.24. The van der Waals surface area contributed by atoms with E-state index >= 15 is 0 Å². The third kappa shape index (κ3) is 4.23. The molecule has 5 atom stereocenters.